The minimum atomic E-state index is -0.926. The van der Waals surface area contributed by atoms with E-state index in [9.17, 15) is 14.4 Å². The van der Waals surface area contributed by atoms with Gasteiger partial charge in [-0.25, -0.2) is 9.59 Å². The number of thioether (sulfide) groups is 1. The molecule has 2 heterocycles. The first-order valence-electron chi connectivity index (χ1n) is 5.90. The highest BCUT2D eigenvalue weighted by atomic mass is 32.2. The predicted molar refractivity (Wildman–Crippen MR) is 71.1 cm³/mol. The van der Waals surface area contributed by atoms with Crippen LogP contribution in [0.2, 0.25) is 0 Å². The number of amides is 2. The molecule has 8 heteroatoms. The minimum Gasteiger partial charge on any atom is -0.457 e. The van der Waals surface area contributed by atoms with Gasteiger partial charge in [0.05, 0.1) is 0 Å². The van der Waals surface area contributed by atoms with Crippen LogP contribution < -0.4 is 5.73 Å². The molecule has 1 saturated heterocycles. The van der Waals surface area contributed by atoms with Gasteiger partial charge in [0.2, 0.25) is 5.91 Å². The highest BCUT2D eigenvalue weighted by Crippen LogP contribution is 2.46. The summed E-state index contributed by atoms with van der Waals surface area (Å²) in [5.74, 6) is -1.36. The monoisotopic (exact) mass is 298 g/mol. The second kappa shape index (κ2) is 5.58. The third-order valence-electron chi connectivity index (χ3n) is 3.01. The smallest absolute Gasteiger partial charge is 0.404 e. The van der Waals surface area contributed by atoms with Crippen molar-refractivity contribution in [3.63, 3.8) is 0 Å². The summed E-state index contributed by atoms with van der Waals surface area (Å²) in [5, 5.41) is 1.31. The number of rotatable bonds is 5. The fourth-order valence-electron chi connectivity index (χ4n) is 2.12. The van der Waals surface area contributed by atoms with E-state index in [4.69, 9.17) is 15.2 Å². The van der Waals surface area contributed by atoms with Gasteiger partial charge in [-0.2, -0.15) is 0 Å². The average molecular weight is 298 g/mol. The molecule has 0 aromatic carbocycles. The number of hydrogen-bond donors (Lipinski definition) is 1. The van der Waals surface area contributed by atoms with Gasteiger partial charge in [0.1, 0.15) is 29.7 Å². The molecule has 2 amide bonds. The molecule has 3 atom stereocenters. The van der Waals surface area contributed by atoms with Gasteiger partial charge in [0.25, 0.3) is 0 Å². The molecule has 108 valence electrons. The fraction of sp³-hybridized carbons (Fsp3) is 0.417. The Morgan fingerprint density at radius 3 is 2.95 bits per heavy atom. The first kappa shape index (κ1) is 14.4. The predicted octanol–water partition coefficient (Wildman–Crippen LogP) is 0.572. The first-order chi connectivity index (χ1) is 9.47. The van der Waals surface area contributed by atoms with E-state index < -0.39 is 24.1 Å². The standard InChI is InChI=1S/C12H14N2O5S/c1-3-4-18-11(16)7-5-20-10-8(9(15)14(7)10)6(2)19-12(13)17/h3,5-6,8,10H,1,4H2,2H3,(H2,13,17)/t6-,8+,10+/m1/s1. The van der Waals surface area contributed by atoms with E-state index >= 15 is 0 Å². The van der Waals surface area contributed by atoms with Crippen LogP contribution in [0.25, 0.3) is 0 Å². The maximum atomic E-state index is 12.1. The lowest BCUT2D eigenvalue weighted by molar-refractivity contribution is -0.157. The molecule has 0 radical (unpaired) electrons. The molecule has 7 nitrogen and oxygen atoms in total. The normalized spacial score (nSPS) is 25.1. The SMILES string of the molecule is C=CCOC(=O)C1=CS[C@H]2[C@@H]([C@@H](C)OC(N)=O)C(=O)N12. The van der Waals surface area contributed by atoms with Crippen LogP contribution in [0.1, 0.15) is 6.92 Å². The maximum Gasteiger partial charge on any atom is 0.404 e. The van der Waals surface area contributed by atoms with Crippen LogP contribution in [0.4, 0.5) is 4.79 Å². The third kappa shape index (κ3) is 2.38. The molecule has 0 aromatic rings. The Labute approximate surface area is 119 Å². The summed E-state index contributed by atoms with van der Waals surface area (Å²) in [4.78, 5) is 35.9. The van der Waals surface area contributed by atoms with Gasteiger partial charge in [-0.15, -0.1) is 11.8 Å². The molecular formula is C12H14N2O5S. The Bertz CT molecular complexity index is 504. The van der Waals surface area contributed by atoms with E-state index in [2.05, 4.69) is 6.58 Å². The molecule has 0 saturated carbocycles. The number of primary amides is 1. The van der Waals surface area contributed by atoms with E-state index in [-0.39, 0.29) is 23.6 Å². The Morgan fingerprint density at radius 1 is 1.65 bits per heavy atom. The van der Waals surface area contributed by atoms with Crippen molar-refractivity contribution in [1.29, 1.82) is 0 Å². The van der Waals surface area contributed by atoms with Gasteiger partial charge in [0, 0.05) is 5.41 Å². The molecule has 2 aliphatic heterocycles. The topological polar surface area (TPSA) is 98.9 Å². The zero-order valence-electron chi connectivity index (χ0n) is 10.8. The summed E-state index contributed by atoms with van der Waals surface area (Å²) in [6.45, 7) is 5.12. The van der Waals surface area contributed by atoms with Crippen molar-refractivity contribution in [3.05, 3.63) is 23.8 Å². The molecule has 2 aliphatic rings. The Hall–Kier alpha value is -1.96. The van der Waals surface area contributed by atoms with Gasteiger partial charge in [-0.1, -0.05) is 12.7 Å². The van der Waals surface area contributed by atoms with Crippen LogP contribution in [0.15, 0.2) is 23.8 Å². The molecular weight excluding hydrogens is 284 g/mol. The van der Waals surface area contributed by atoms with Gasteiger partial charge < -0.3 is 15.2 Å². The Morgan fingerprint density at radius 2 is 2.35 bits per heavy atom. The number of nitrogens with two attached hydrogens (primary N) is 1. The second-order valence-electron chi connectivity index (χ2n) is 4.29. The zero-order chi connectivity index (χ0) is 14.9. The lowest BCUT2D eigenvalue weighted by Gasteiger charge is -2.44. The van der Waals surface area contributed by atoms with Crippen LogP contribution in [0.5, 0.6) is 0 Å². The molecule has 0 bridgehead atoms. The summed E-state index contributed by atoms with van der Waals surface area (Å²) >= 11 is 1.31. The summed E-state index contributed by atoms with van der Waals surface area (Å²) in [6, 6.07) is 0. The zero-order valence-corrected chi connectivity index (χ0v) is 11.6. The number of hydrogen-bond acceptors (Lipinski definition) is 6. The maximum absolute atomic E-state index is 12.1. The fourth-order valence-corrected chi connectivity index (χ4v) is 3.45. The molecule has 20 heavy (non-hydrogen) atoms. The van der Waals surface area contributed by atoms with Crippen molar-refractivity contribution in [2.75, 3.05) is 6.61 Å². The van der Waals surface area contributed by atoms with Crippen LogP contribution in [0, 0.1) is 5.92 Å². The summed E-state index contributed by atoms with van der Waals surface area (Å²) < 4.78 is 9.72. The summed E-state index contributed by atoms with van der Waals surface area (Å²) in [5.41, 5.74) is 5.14. The van der Waals surface area contributed by atoms with Gasteiger partial charge in [0.15, 0.2) is 0 Å². The number of carbonyl (C=O) groups excluding carboxylic acids is 3. The van der Waals surface area contributed by atoms with E-state index in [1.165, 1.54) is 22.7 Å². The number of β-lactam (4-membered cyclic amide) rings is 1. The van der Waals surface area contributed by atoms with Gasteiger partial charge >= 0.3 is 12.1 Å². The molecule has 1 fully saturated rings. The van der Waals surface area contributed by atoms with Crippen molar-refractivity contribution in [2.24, 2.45) is 11.7 Å². The average Bonchev–Trinajstić information content (AvgIpc) is 2.74. The summed E-state index contributed by atoms with van der Waals surface area (Å²) in [7, 11) is 0. The largest absolute Gasteiger partial charge is 0.457 e. The van der Waals surface area contributed by atoms with Crippen molar-refractivity contribution in [1.82, 2.24) is 4.90 Å². The molecule has 2 rings (SSSR count). The number of nitrogens with zero attached hydrogens (tertiary/aromatic N) is 1. The number of ether oxygens (including phenoxy) is 2. The highest BCUT2D eigenvalue weighted by Gasteiger charge is 2.56. The molecule has 0 aromatic heterocycles. The molecule has 0 spiro atoms. The molecule has 0 unspecified atom stereocenters. The van der Waals surface area contributed by atoms with E-state index in [0.29, 0.717) is 0 Å². The second-order valence-corrected chi connectivity index (χ2v) is 5.28. The van der Waals surface area contributed by atoms with E-state index in [1.807, 2.05) is 0 Å². The van der Waals surface area contributed by atoms with Crippen LogP contribution in [-0.2, 0) is 19.1 Å². The quantitative estimate of drug-likeness (QED) is 0.452. The van der Waals surface area contributed by atoms with Crippen molar-refractivity contribution in [2.45, 2.75) is 18.4 Å². The number of esters is 1. The Balaban J connectivity index is 2.00. The summed E-state index contributed by atoms with van der Waals surface area (Å²) in [6.07, 6.45) is -0.113. The van der Waals surface area contributed by atoms with Gasteiger partial charge in [-0.3, -0.25) is 9.69 Å². The first-order valence-corrected chi connectivity index (χ1v) is 6.84. The van der Waals surface area contributed by atoms with E-state index in [1.54, 1.807) is 12.3 Å². The Kier molecular flexibility index (Phi) is 4.03. The number of carbonyl (C=O) groups is 3. The highest BCUT2D eigenvalue weighted by molar-refractivity contribution is 8.03. The lowest BCUT2D eigenvalue weighted by Crippen LogP contribution is -2.61. The third-order valence-corrected chi connectivity index (χ3v) is 4.15. The van der Waals surface area contributed by atoms with E-state index in [0.717, 1.165) is 0 Å². The molecule has 0 aliphatic carbocycles. The minimum absolute atomic E-state index is 0.0815. The van der Waals surface area contributed by atoms with Crippen molar-refractivity contribution < 1.29 is 23.9 Å². The molecule has 2 N–H and O–H groups in total. The lowest BCUT2D eigenvalue weighted by atomic mass is 9.92. The van der Waals surface area contributed by atoms with Crippen LogP contribution >= 0.6 is 11.8 Å². The van der Waals surface area contributed by atoms with Crippen molar-refractivity contribution >= 4 is 29.7 Å². The van der Waals surface area contributed by atoms with Gasteiger partial charge in [-0.05, 0) is 6.92 Å². The van der Waals surface area contributed by atoms with Crippen LogP contribution in [0.3, 0.4) is 0 Å². The van der Waals surface area contributed by atoms with Crippen molar-refractivity contribution in [3.8, 4) is 0 Å². The van der Waals surface area contributed by atoms with Crippen LogP contribution in [-0.4, -0.2) is 41.0 Å². The number of fused-ring (bicyclic) bond motifs is 1.